The van der Waals surface area contributed by atoms with Crippen molar-refractivity contribution < 1.29 is 10.2 Å². The summed E-state index contributed by atoms with van der Waals surface area (Å²) in [6.45, 7) is 2.76. The predicted molar refractivity (Wildman–Crippen MR) is 48.9 cm³/mol. The van der Waals surface area contributed by atoms with Crippen molar-refractivity contribution in [1.82, 2.24) is 10.2 Å². The molecule has 2 N–H and O–H groups in total. The molecule has 0 saturated carbocycles. The lowest BCUT2D eigenvalue weighted by Crippen LogP contribution is -2.22. The van der Waals surface area contributed by atoms with E-state index in [-0.39, 0.29) is 0 Å². The van der Waals surface area contributed by atoms with Crippen LogP contribution in [0.5, 0.6) is 0 Å². The number of aromatic nitrogens is 2. The number of aryl methyl sites for hydroxylation is 1. The van der Waals surface area contributed by atoms with Gasteiger partial charge in [0, 0.05) is 13.1 Å². The van der Waals surface area contributed by atoms with Crippen LogP contribution < -0.4 is 4.90 Å². The van der Waals surface area contributed by atoms with E-state index in [4.69, 9.17) is 0 Å². The van der Waals surface area contributed by atoms with E-state index < -0.39 is 12.2 Å². The monoisotopic (exact) mass is 201 g/mol. The van der Waals surface area contributed by atoms with Crippen molar-refractivity contribution in [3.63, 3.8) is 0 Å². The van der Waals surface area contributed by atoms with Crippen LogP contribution in [-0.2, 0) is 0 Å². The molecule has 0 amide bonds. The molecular weight excluding hydrogens is 190 g/mol. The van der Waals surface area contributed by atoms with Crippen LogP contribution in [0.2, 0.25) is 0 Å². The van der Waals surface area contributed by atoms with Crippen LogP contribution in [-0.4, -0.2) is 45.7 Å². The van der Waals surface area contributed by atoms with Gasteiger partial charge in [-0.05, 0) is 6.92 Å². The summed E-state index contributed by atoms with van der Waals surface area (Å²) in [5, 5.41) is 28.1. The van der Waals surface area contributed by atoms with Crippen LogP contribution >= 0.6 is 11.3 Å². The normalized spacial score (nSPS) is 28.4. The van der Waals surface area contributed by atoms with E-state index in [1.54, 1.807) is 0 Å². The van der Waals surface area contributed by atoms with Gasteiger partial charge in [0.25, 0.3) is 0 Å². The summed E-state index contributed by atoms with van der Waals surface area (Å²) in [7, 11) is 0. The summed E-state index contributed by atoms with van der Waals surface area (Å²) in [4.78, 5) is 1.85. The number of anilines is 1. The molecule has 1 saturated heterocycles. The van der Waals surface area contributed by atoms with E-state index in [0.717, 1.165) is 10.1 Å². The molecule has 1 fully saturated rings. The van der Waals surface area contributed by atoms with Gasteiger partial charge in [0.15, 0.2) is 0 Å². The van der Waals surface area contributed by atoms with Crippen molar-refractivity contribution in [1.29, 1.82) is 0 Å². The van der Waals surface area contributed by atoms with Gasteiger partial charge >= 0.3 is 0 Å². The molecule has 0 bridgehead atoms. The van der Waals surface area contributed by atoms with Gasteiger partial charge in [-0.15, -0.1) is 10.2 Å². The maximum atomic E-state index is 9.30. The van der Waals surface area contributed by atoms with Gasteiger partial charge < -0.3 is 15.1 Å². The van der Waals surface area contributed by atoms with Gasteiger partial charge in [-0.2, -0.15) is 0 Å². The van der Waals surface area contributed by atoms with Crippen molar-refractivity contribution in [3.8, 4) is 0 Å². The smallest absolute Gasteiger partial charge is 0.208 e. The molecular formula is C7H11N3O2S. The molecule has 0 aromatic carbocycles. The topological polar surface area (TPSA) is 69.5 Å². The third-order valence-corrected chi connectivity index (χ3v) is 2.94. The molecule has 13 heavy (non-hydrogen) atoms. The largest absolute Gasteiger partial charge is 0.389 e. The summed E-state index contributed by atoms with van der Waals surface area (Å²) < 4.78 is 0. The molecule has 2 atom stereocenters. The summed E-state index contributed by atoms with van der Waals surface area (Å²) in [5.74, 6) is 0. The molecule has 0 unspecified atom stereocenters. The van der Waals surface area contributed by atoms with E-state index in [1.165, 1.54) is 11.3 Å². The minimum absolute atomic E-state index is 0.440. The molecule has 6 heteroatoms. The average molecular weight is 201 g/mol. The fourth-order valence-corrected chi connectivity index (χ4v) is 2.05. The average Bonchev–Trinajstić information content (AvgIpc) is 2.61. The van der Waals surface area contributed by atoms with E-state index >= 15 is 0 Å². The summed E-state index contributed by atoms with van der Waals surface area (Å²) >= 11 is 1.47. The highest BCUT2D eigenvalue weighted by molar-refractivity contribution is 7.15. The molecule has 0 radical (unpaired) electrons. The lowest BCUT2D eigenvalue weighted by Gasteiger charge is -2.11. The zero-order valence-corrected chi connectivity index (χ0v) is 8.03. The number of rotatable bonds is 1. The van der Waals surface area contributed by atoms with E-state index in [2.05, 4.69) is 10.2 Å². The molecule has 5 nitrogen and oxygen atoms in total. The highest BCUT2D eigenvalue weighted by Gasteiger charge is 2.31. The van der Waals surface area contributed by atoms with E-state index in [9.17, 15) is 10.2 Å². The van der Waals surface area contributed by atoms with Gasteiger partial charge in [0.2, 0.25) is 5.13 Å². The minimum atomic E-state index is -0.663. The van der Waals surface area contributed by atoms with Gasteiger partial charge in [0.05, 0.1) is 12.2 Å². The second-order valence-corrected chi connectivity index (χ2v) is 4.30. The van der Waals surface area contributed by atoms with Crippen molar-refractivity contribution in [3.05, 3.63) is 5.01 Å². The first-order chi connectivity index (χ1) is 6.16. The van der Waals surface area contributed by atoms with Crippen LogP contribution in [0.15, 0.2) is 0 Å². The van der Waals surface area contributed by atoms with Gasteiger partial charge in [-0.3, -0.25) is 0 Å². The number of hydrogen-bond acceptors (Lipinski definition) is 6. The zero-order valence-electron chi connectivity index (χ0n) is 7.21. The highest BCUT2D eigenvalue weighted by atomic mass is 32.1. The highest BCUT2D eigenvalue weighted by Crippen LogP contribution is 2.23. The Morgan fingerprint density at radius 2 is 1.92 bits per heavy atom. The molecule has 0 spiro atoms. The van der Waals surface area contributed by atoms with Crippen molar-refractivity contribution in [2.45, 2.75) is 19.1 Å². The maximum absolute atomic E-state index is 9.30. The number of aliphatic hydroxyl groups is 2. The van der Waals surface area contributed by atoms with Crippen LogP contribution in [0.4, 0.5) is 5.13 Å². The third-order valence-electron chi connectivity index (χ3n) is 2.04. The maximum Gasteiger partial charge on any atom is 0.208 e. The molecule has 1 aliphatic heterocycles. The first kappa shape index (κ1) is 8.86. The lowest BCUT2D eigenvalue weighted by molar-refractivity contribution is 0.0572. The zero-order chi connectivity index (χ0) is 9.42. The van der Waals surface area contributed by atoms with Gasteiger partial charge in [-0.1, -0.05) is 11.3 Å². The fraction of sp³-hybridized carbons (Fsp3) is 0.714. The van der Waals surface area contributed by atoms with Gasteiger partial charge in [-0.25, -0.2) is 0 Å². The van der Waals surface area contributed by atoms with Crippen LogP contribution in [0.1, 0.15) is 5.01 Å². The standard InChI is InChI=1S/C7H11N3O2S/c1-4-8-9-7(13-4)10-2-5(11)6(12)3-10/h5-6,11-12H,2-3H2,1H3/t5-,6+. The second-order valence-electron chi connectivity index (χ2n) is 3.14. The predicted octanol–water partition coefficient (Wildman–Crippen LogP) is -0.612. The van der Waals surface area contributed by atoms with Crippen molar-refractivity contribution >= 4 is 16.5 Å². The Morgan fingerprint density at radius 3 is 2.38 bits per heavy atom. The molecule has 72 valence electrons. The Balaban J connectivity index is 2.11. The molecule has 1 aromatic heterocycles. The number of nitrogens with zero attached hydrogens (tertiary/aromatic N) is 3. The summed E-state index contributed by atoms with van der Waals surface area (Å²) in [6.07, 6.45) is -1.33. The fourth-order valence-electron chi connectivity index (χ4n) is 1.34. The lowest BCUT2D eigenvalue weighted by atomic mass is 10.3. The van der Waals surface area contributed by atoms with E-state index in [0.29, 0.717) is 13.1 Å². The molecule has 0 aliphatic carbocycles. The molecule has 1 aliphatic rings. The Kier molecular flexibility index (Phi) is 2.19. The van der Waals surface area contributed by atoms with Gasteiger partial charge in [0.1, 0.15) is 5.01 Å². The first-order valence-corrected chi connectivity index (χ1v) is 4.89. The number of β-amino-alcohol motifs (C(OH)–C–C–N with tert-alkyl or cyclic N) is 2. The SMILES string of the molecule is Cc1nnc(N2C[C@@H](O)[C@@H](O)C2)s1. The van der Waals surface area contributed by atoms with E-state index in [1.807, 2.05) is 11.8 Å². The van der Waals surface area contributed by atoms with Crippen molar-refractivity contribution in [2.75, 3.05) is 18.0 Å². The Hall–Kier alpha value is -0.720. The Morgan fingerprint density at radius 1 is 1.31 bits per heavy atom. The van der Waals surface area contributed by atoms with Crippen LogP contribution in [0, 0.1) is 6.92 Å². The molecule has 1 aromatic rings. The second kappa shape index (κ2) is 3.21. The first-order valence-electron chi connectivity index (χ1n) is 4.08. The van der Waals surface area contributed by atoms with Crippen molar-refractivity contribution in [2.24, 2.45) is 0 Å². The third kappa shape index (κ3) is 1.65. The minimum Gasteiger partial charge on any atom is -0.389 e. The quantitative estimate of drug-likeness (QED) is 0.634. The Labute approximate surface area is 79.6 Å². The summed E-state index contributed by atoms with van der Waals surface area (Å²) in [5.41, 5.74) is 0. The molecule has 2 rings (SSSR count). The number of hydrogen-bond donors (Lipinski definition) is 2. The summed E-state index contributed by atoms with van der Waals surface area (Å²) in [6, 6.07) is 0. The Bertz CT molecular complexity index is 294. The van der Waals surface area contributed by atoms with Crippen LogP contribution in [0.3, 0.4) is 0 Å². The van der Waals surface area contributed by atoms with Crippen LogP contribution in [0.25, 0.3) is 0 Å². The molecule has 2 heterocycles. The number of aliphatic hydroxyl groups excluding tert-OH is 2.